The summed E-state index contributed by atoms with van der Waals surface area (Å²) in [6.07, 6.45) is 5.54. The van der Waals surface area contributed by atoms with Crippen molar-refractivity contribution in [1.82, 2.24) is 4.90 Å². The van der Waals surface area contributed by atoms with Crippen LogP contribution in [0.25, 0.3) is 0 Å². The van der Waals surface area contributed by atoms with E-state index in [1.165, 1.54) is 30.5 Å². The standard InChI is InChI=1S/C22H26BrNO3/c1-11-7-14-16-8-13-15(23)9-17(26-2)20-18(13)22(14,21(27-20)19(11)25)5-6-24(16)10-12-3-4-12/h9,11-12,14,16,21H,3-8,10H2,1-2H3/t11-,14-,16+,21-,22-/m0/s1. The molecule has 2 saturated carbocycles. The molecule has 5 atom stereocenters. The maximum absolute atomic E-state index is 13.2. The Morgan fingerprint density at radius 1 is 1.41 bits per heavy atom. The lowest BCUT2D eigenvalue weighted by molar-refractivity contribution is -0.144. The number of nitrogens with zero attached hydrogens (tertiary/aromatic N) is 1. The third-order valence-electron chi connectivity index (χ3n) is 8.05. The van der Waals surface area contributed by atoms with Gasteiger partial charge in [-0.25, -0.2) is 0 Å². The number of hydrogen-bond acceptors (Lipinski definition) is 4. The first-order valence-electron chi connectivity index (χ1n) is 10.4. The number of carbonyl (C=O) groups excluding carboxylic acids is 1. The van der Waals surface area contributed by atoms with Crippen molar-refractivity contribution in [3.05, 3.63) is 21.7 Å². The Kier molecular flexibility index (Phi) is 3.43. The monoisotopic (exact) mass is 431 g/mol. The molecule has 0 aromatic heterocycles. The van der Waals surface area contributed by atoms with Gasteiger partial charge in [0.2, 0.25) is 0 Å². The van der Waals surface area contributed by atoms with Crippen LogP contribution in [0.1, 0.15) is 43.7 Å². The first-order chi connectivity index (χ1) is 13.0. The Morgan fingerprint density at radius 2 is 2.22 bits per heavy atom. The molecule has 2 heterocycles. The first-order valence-corrected chi connectivity index (χ1v) is 11.2. The molecule has 0 radical (unpaired) electrons. The van der Waals surface area contributed by atoms with Crippen molar-refractivity contribution < 1.29 is 14.3 Å². The van der Waals surface area contributed by atoms with Gasteiger partial charge in [0.25, 0.3) is 0 Å². The molecule has 0 unspecified atom stereocenters. The average Bonchev–Trinajstić information content (AvgIpc) is 3.40. The molecule has 0 N–H and O–H groups in total. The molecule has 5 aliphatic rings. The van der Waals surface area contributed by atoms with E-state index in [1.807, 2.05) is 6.07 Å². The van der Waals surface area contributed by atoms with Crippen LogP contribution in [0.5, 0.6) is 11.5 Å². The van der Waals surface area contributed by atoms with Gasteiger partial charge in [-0.3, -0.25) is 9.69 Å². The molecule has 3 fully saturated rings. The van der Waals surface area contributed by atoms with Crippen molar-refractivity contribution in [2.45, 2.75) is 56.6 Å². The lowest BCUT2D eigenvalue weighted by atomic mass is 9.50. The number of ether oxygens (including phenoxy) is 2. The molecular weight excluding hydrogens is 406 g/mol. The topological polar surface area (TPSA) is 38.8 Å². The molecule has 3 aliphatic carbocycles. The van der Waals surface area contributed by atoms with Crippen LogP contribution in [0.2, 0.25) is 0 Å². The van der Waals surface area contributed by atoms with E-state index in [2.05, 4.69) is 27.8 Å². The van der Waals surface area contributed by atoms with Crippen molar-refractivity contribution in [3.63, 3.8) is 0 Å². The number of rotatable bonds is 3. The zero-order valence-electron chi connectivity index (χ0n) is 16.0. The second-order valence-electron chi connectivity index (χ2n) is 9.39. The molecule has 5 heteroatoms. The summed E-state index contributed by atoms with van der Waals surface area (Å²) in [4.78, 5) is 16.0. The SMILES string of the molecule is COc1cc(Br)c2c3c1O[C@H]1C(=O)[C@@H](C)C[C@H]4[C@@H](C2)N(CC2CC2)CC[C@]314. The summed E-state index contributed by atoms with van der Waals surface area (Å²) in [6.45, 7) is 4.43. The van der Waals surface area contributed by atoms with Gasteiger partial charge in [0, 0.05) is 34.0 Å². The molecule has 6 rings (SSSR count). The summed E-state index contributed by atoms with van der Waals surface area (Å²) in [5, 5.41) is 0. The maximum atomic E-state index is 13.2. The van der Waals surface area contributed by atoms with Crippen LogP contribution in [0, 0.1) is 17.8 Å². The fourth-order valence-corrected chi connectivity index (χ4v) is 7.22. The molecule has 0 amide bonds. The van der Waals surface area contributed by atoms with Gasteiger partial charge in [0.05, 0.1) is 7.11 Å². The van der Waals surface area contributed by atoms with Gasteiger partial charge < -0.3 is 9.47 Å². The van der Waals surface area contributed by atoms with Crippen LogP contribution in [-0.2, 0) is 16.6 Å². The average molecular weight is 432 g/mol. The largest absolute Gasteiger partial charge is 0.493 e. The Hall–Kier alpha value is -1.07. The van der Waals surface area contributed by atoms with E-state index in [-0.39, 0.29) is 17.4 Å². The molecule has 1 aromatic rings. The molecule has 2 bridgehead atoms. The van der Waals surface area contributed by atoms with Gasteiger partial charge in [-0.15, -0.1) is 0 Å². The number of Topliss-reactive ketones (excluding diaryl/α,β-unsaturated/α-hetero) is 1. The van der Waals surface area contributed by atoms with Gasteiger partial charge in [-0.05, 0) is 62.1 Å². The van der Waals surface area contributed by atoms with Gasteiger partial charge in [0.15, 0.2) is 23.4 Å². The molecule has 1 aromatic carbocycles. The smallest absolute Gasteiger partial charge is 0.177 e. The van der Waals surface area contributed by atoms with Gasteiger partial charge >= 0.3 is 0 Å². The van der Waals surface area contributed by atoms with Crippen LogP contribution in [-0.4, -0.2) is 43.0 Å². The van der Waals surface area contributed by atoms with Gasteiger partial charge in [-0.1, -0.05) is 22.9 Å². The Labute approximate surface area is 168 Å². The van der Waals surface area contributed by atoms with E-state index < -0.39 is 0 Å². The second kappa shape index (κ2) is 5.50. The quantitative estimate of drug-likeness (QED) is 0.730. The van der Waals surface area contributed by atoms with Crippen molar-refractivity contribution >= 4 is 21.7 Å². The number of carbonyl (C=O) groups is 1. The van der Waals surface area contributed by atoms with E-state index in [4.69, 9.17) is 9.47 Å². The number of piperidine rings is 1. The van der Waals surface area contributed by atoms with E-state index in [0.717, 1.165) is 47.7 Å². The molecule has 1 saturated heterocycles. The van der Waals surface area contributed by atoms with Crippen molar-refractivity contribution in [2.24, 2.45) is 17.8 Å². The predicted octanol–water partition coefficient (Wildman–Crippen LogP) is 3.72. The van der Waals surface area contributed by atoms with Crippen molar-refractivity contribution in [2.75, 3.05) is 20.2 Å². The zero-order valence-corrected chi connectivity index (χ0v) is 17.5. The van der Waals surface area contributed by atoms with E-state index in [0.29, 0.717) is 17.7 Å². The highest BCUT2D eigenvalue weighted by molar-refractivity contribution is 9.10. The highest BCUT2D eigenvalue weighted by atomic mass is 79.9. The molecule has 4 nitrogen and oxygen atoms in total. The minimum Gasteiger partial charge on any atom is -0.493 e. The molecule has 1 spiro atoms. The van der Waals surface area contributed by atoms with E-state index in [9.17, 15) is 4.79 Å². The fraction of sp³-hybridized carbons (Fsp3) is 0.682. The summed E-state index contributed by atoms with van der Waals surface area (Å²) in [6, 6.07) is 2.57. The van der Waals surface area contributed by atoms with Gasteiger partial charge in [0.1, 0.15) is 0 Å². The highest BCUT2D eigenvalue weighted by Gasteiger charge is 2.67. The Morgan fingerprint density at radius 3 is 2.96 bits per heavy atom. The lowest BCUT2D eigenvalue weighted by Crippen LogP contribution is -2.67. The number of ketones is 1. The fourth-order valence-electron chi connectivity index (χ4n) is 6.65. The van der Waals surface area contributed by atoms with Crippen molar-refractivity contribution in [3.8, 4) is 11.5 Å². The van der Waals surface area contributed by atoms with Gasteiger partial charge in [-0.2, -0.15) is 0 Å². The van der Waals surface area contributed by atoms with E-state index >= 15 is 0 Å². The zero-order chi connectivity index (χ0) is 18.5. The summed E-state index contributed by atoms with van der Waals surface area (Å²) in [5.41, 5.74) is 2.51. The molecular formula is C22H26BrNO3. The molecule has 27 heavy (non-hydrogen) atoms. The Bertz CT molecular complexity index is 850. The highest BCUT2D eigenvalue weighted by Crippen LogP contribution is 2.65. The number of likely N-dealkylation sites (tertiary alicyclic amines) is 1. The molecule has 144 valence electrons. The van der Waals surface area contributed by atoms with Crippen LogP contribution in [0.3, 0.4) is 0 Å². The maximum Gasteiger partial charge on any atom is 0.177 e. The number of methoxy groups -OCH3 is 1. The molecule has 2 aliphatic heterocycles. The summed E-state index contributed by atoms with van der Waals surface area (Å²) in [7, 11) is 1.69. The number of halogens is 1. The summed E-state index contributed by atoms with van der Waals surface area (Å²) >= 11 is 3.82. The lowest BCUT2D eigenvalue weighted by Gasteiger charge is -2.58. The third kappa shape index (κ3) is 2.05. The minimum atomic E-state index is -0.325. The minimum absolute atomic E-state index is 0.0850. The van der Waals surface area contributed by atoms with Crippen molar-refractivity contribution in [1.29, 1.82) is 0 Å². The van der Waals surface area contributed by atoms with Crippen LogP contribution >= 0.6 is 15.9 Å². The Balaban J connectivity index is 1.56. The predicted molar refractivity (Wildman–Crippen MR) is 105 cm³/mol. The number of benzene rings is 1. The second-order valence-corrected chi connectivity index (χ2v) is 10.2. The third-order valence-corrected chi connectivity index (χ3v) is 8.76. The van der Waals surface area contributed by atoms with Crippen LogP contribution in [0.4, 0.5) is 0 Å². The number of hydrogen-bond donors (Lipinski definition) is 0. The van der Waals surface area contributed by atoms with Crippen LogP contribution < -0.4 is 9.47 Å². The van der Waals surface area contributed by atoms with Crippen LogP contribution in [0.15, 0.2) is 10.5 Å². The summed E-state index contributed by atoms with van der Waals surface area (Å²) < 4.78 is 13.2. The summed E-state index contributed by atoms with van der Waals surface area (Å²) in [5.74, 6) is 3.40. The first kappa shape index (κ1) is 16.8. The van der Waals surface area contributed by atoms with E-state index in [1.54, 1.807) is 7.11 Å². The normalized spacial score (nSPS) is 39.1.